The molecule has 0 spiro atoms. The van der Waals surface area contributed by atoms with Crippen LogP contribution < -0.4 is 0 Å². The van der Waals surface area contributed by atoms with Crippen molar-refractivity contribution in [1.82, 2.24) is 9.97 Å². The van der Waals surface area contributed by atoms with Crippen molar-refractivity contribution >= 4 is 22.2 Å². The predicted molar refractivity (Wildman–Crippen MR) is 60.6 cm³/mol. The Balaban J connectivity index is 2.44. The maximum absolute atomic E-state index is 10.5. The Morgan fingerprint density at radius 2 is 1.87 bits per heavy atom. The van der Waals surface area contributed by atoms with E-state index in [0.717, 1.165) is 10.0 Å². The van der Waals surface area contributed by atoms with Gasteiger partial charge < -0.3 is 0 Å². The summed E-state index contributed by atoms with van der Waals surface area (Å²) in [5.74, 6) is 0.562. The molecule has 4 heteroatoms. The molecular formula is C11H7BrN2O. The number of aldehydes is 1. The number of hydrogen-bond donors (Lipinski definition) is 0. The zero-order valence-electron chi connectivity index (χ0n) is 7.72. The van der Waals surface area contributed by atoms with Crippen molar-refractivity contribution in [3.63, 3.8) is 0 Å². The summed E-state index contributed by atoms with van der Waals surface area (Å²) in [5.41, 5.74) is 1.28. The third-order valence-electron chi connectivity index (χ3n) is 1.90. The first-order valence-electron chi connectivity index (χ1n) is 4.34. The van der Waals surface area contributed by atoms with E-state index in [0.29, 0.717) is 17.8 Å². The maximum Gasteiger partial charge on any atom is 0.168 e. The van der Waals surface area contributed by atoms with Crippen molar-refractivity contribution in [2.75, 3.05) is 0 Å². The van der Waals surface area contributed by atoms with E-state index in [1.54, 1.807) is 12.3 Å². The molecule has 0 saturated carbocycles. The molecule has 1 aromatic heterocycles. The molecule has 0 aliphatic carbocycles. The number of rotatable bonds is 2. The topological polar surface area (TPSA) is 42.9 Å². The third-order valence-corrected chi connectivity index (χ3v) is 2.43. The molecule has 0 bridgehead atoms. The van der Waals surface area contributed by atoms with Gasteiger partial charge in [0.1, 0.15) is 5.69 Å². The second-order valence-electron chi connectivity index (χ2n) is 2.93. The maximum atomic E-state index is 10.5. The van der Waals surface area contributed by atoms with Crippen LogP contribution in [0, 0.1) is 0 Å². The average molecular weight is 263 g/mol. The van der Waals surface area contributed by atoms with Gasteiger partial charge in [-0.2, -0.15) is 0 Å². The van der Waals surface area contributed by atoms with Crippen molar-refractivity contribution in [1.29, 1.82) is 0 Å². The first kappa shape index (κ1) is 9.98. The van der Waals surface area contributed by atoms with E-state index in [9.17, 15) is 4.79 Å². The molecule has 0 fully saturated rings. The Morgan fingerprint density at radius 3 is 2.53 bits per heavy atom. The summed E-state index contributed by atoms with van der Waals surface area (Å²) in [6, 6.07) is 9.19. The van der Waals surface area contributed by atoms with Crippen LogP contribution in [-0.4, -0.2) is 16.3 Å². The van der Waals surface area contributed by atoms with Crippen molar-refractivity contribution in [2.24, 2.45) is 0 Å². The zero-order chi connectivity index (χ0) is 10.7. The van der Waals surface area contributed by atoms with E-state index < -0.39 is 0 Å². The van der Waals surface area contributed by atoms with Gasteiger partial charge in [0, 0.05) is 16.2 Å². The molecular weight excluding hydrogens is 256 g/mol. The summed E-state index contributed by atoms with van der Waals surface area (Å²) in [6.45, 7) is 0. The molecule has 0 amide bonds. The minimum absolute atomic E-state index is 0.392. The van der Waals surface area contributed by atoms with Gasteiger partial charge in [-0.25, -0.2) is 9.97 Å². The van der Waals surface area contributed by atoms with Gasteiger partial charge in [-0.15, -0.1) is 0 Å². The highest BCUT2D eigenvalue weighted by Gasteiger charge is 2.01. The van der Waals surface area contributed by atoms with Gasteiger partial charge in [-0.1, -0.05) is 28.1 Å². The molecule has 15 heavy (non-hydrogen) atoms. The normalized spacial score (nSPS) is 9.93. The second kappa shape index (κ2) is 4.31. The molecule has 1 heterocycles. The van der Waals surface area contributed by atoms with E-state index >= 15 is 0 Å². The number of halogens is 1. The third kappa shape index (κ3) is 2.27. The fraction of sp³-hybridized carbons (Fsp3) is 0. The lowest BCUT2D eigenvalue weighted by Gasteiger charge is -1.99. The quantitative estimate of drug-likeness (QED) is 0.782. The Bertz CT molecular complexity index is 482. The Hall–Kier alpha value is -1.55. The van der Waals surface area contributed by atoms with Crippen molar-refractivity contribution < 1.29 is 4.79 Å². The van der Waals surface area contributed by atoms with Crippen molar-refractivity contribution in [2.45, 2.75) is 0 Å². The highest BCUT2D eigenvalue weighted by molar-refractivity contribution is 9.10. The van der Waals surface area contributed by atoms with Crippen molar-refractivity contribution in [3.05, 3.63) is 46.7 Å². The van der Waals surface area contributed by atoms with Gasteiger partial charge >= 0.3 is 0 Å². The van der Waals surface area contributed by atoms with Crippen LogP contribution in [0.5, 0.6) is 0 Å². The summed E-state index contributed by atoms with van der Waals surface area (Å²) in [6.07, 6.45) is 2.29. The Kier molecular flexibility index (Phi) is 2.87. The SMILES string of the molecule is O=Cc1ccnc(-c2ccc(Br)cc2)n1. The molecule has 0 aliphatic heterocycles. The van der Waals surface area contributed by atoms with Crippen LogP contribution in [0.4, 0.5) is 0 Å². The number of carbonyl (C=O) groups is 1. The van der Waals surface area contributed by atoms with E-state index in [1.165, 1.54) is 0 Å². The fourth-order valence-electron chi connectivity index (χ4n) is 1.18. The molecule has 0 saturated heterocycles. The monoisotopic (exact) mass is 262 g/mol. The van der Waals surface area contributed by atoms with Crippen LogP contribution in [0.15, 0.2) is 41.0 Å². The van der Waals surface area contributed by atoms with Crippen LogP contribution in [-0.2, 0) is 0 Å². The average Bonchev–Trinajstić information content (AvgIpc) is 2.30. The number of hydrogen-bond acceptors (Lipinski definition) is 3. The molecule has 0 atom stereocenters. The largest absolute Gasteiger partial charge is 0.296 e. The van der Waals surface area contributed by atoms with Crippen LogP contribution in [0.3, 0.4) is 0 Å². The van der Waals surface area contributed by atoms with Crippen LogP contribution in [0.25, 0.3) is 11.4 Å². The number of benzene rings is 1. The summed E-state index contributed by atoms with van der Waals surface area (Å²) >= 11 is 3.35. The summed E-state index contributed by atoms with van der Waals surface area (Å²) in [5, 5.41) is 0. The van der Waals surface area contributed by atoms with E-state index in [4.69, 9.17) is 0 Å². The molecule has 2 rings (SSSR count). The molecule has 74 valence electrons. The zero-order valence-corrected chi connectivity index (χ0v) is 9.31. The van der Waals surface area contributed by atoms with Gasteiger partial charge in [-0.05, 0) is 18.2 Å². The molecule has 2 aromatic rings. The van der Waals surface area contributed by atoms with E-state index in [-0.39, 0.29) is 0 Å². The molecule has 0 aliphatic rings. The number of aromatic nitrogens is 2. The summed E-state index contributed by atoms with van der Waals surface area (Å²) in [7, 11) is 0. The van der Waals surface area contributed by atoms with E-state index in [1.807, 2.05) is 24.3 Å². The van der Waals surface area contributed by atoms with Gasteiger partial charge in [0.05, 0.1) is 0 Å². The highest BCUT2D eigenvalue weighted by atomic mass is 79.9. The lowest BCUT2D eigenvalue weighted by atomic mass is 10.2. The first-order chi connectivity index (χ1) is 7.29. The molecule has 0 N–H and O–H groups in total. The summed E-state index contributed by atoms with van der Waals surface area (Å²) < 4.78 is 0.998. The van der Waals surface area contributed by atoms with Gasteiger partial charge in [0.15, 0.2) is 12.1 Å². The number of carbonyl (C=O) groups excluding carboxylic acids is 1. The Morgan fingerprint density at radius 1 is 1.13 bits per heavy atom. The Labute approximate surface area is 95.3 Å². The first-order valence-corrected chi connectivity index (χ1v) is 5.13. The van der Waals surface area contributed by atoms with E-state index in [2.05, 4.69) is 25.9 Å². The molecule has 3 nitrogen and oxygen atoms in total. The fourth-order valence-corrected chi connectivity index (χ4v) is 1.44. The predicted octanol–water partition coefficient (Wildman–Crippen LogP) is 2.72. The smallest absolute Gasteiger partial charge is 0.168 e. The minimum atomic E-state index is 0.392. The van der Waals surface area contributed by atoms with Gasteiger partial charge in [-0.3, -0.25) is 4.79 Å². The standard InChI is InChI=1S/C11H7BrN2O/c12-9-3-1-8(2-4-9)11-13-6-5-10(7-15)14-11/h1-7H. The molecule has 1 aromatic carbocycles. The van der Waals surface area contributed by atoms with Gasteiger partial charge in [0.2, 0.25) is 0 Å². The van der Waals surface area contributed by atoms with Gasteiger partial charge in [0.25, 0.3) is 0 Å². The van der Waals surface area contributed by atoms with Crippen LogP contribution in [0.2, 0.25) is 0 Å². The van der Waals surface area contributed by atoms with Crippen LogP contribution in [0.1, 0.15) is 10.5 Å². The second-order valence-corrected chi connectivity index (χ2v) is 3.85. The van der Waals surface area contributed by atoms with Crippen LogP contribution >= 0.6 is 15.9 Å². The lowest BCUT2D eigenvalue weighted by Crippen LogP contribution is -1.92. The lowest BCUT2D eigenvalue weighted by molar-refractivity contribution is 0.111. The highest BCUT2D eigenvalue weighted by Crippen LogP contribution is 2.17. The summed E-state index contributed by atoms with van der Waals surface area (Å²) in [4.78, 5) is 18.7. The van der Waals surface area contributed by atoms with Crippen molar-refractivity contribution in [3.8, 4) is 11.4 Å². The minimum Gasteiger partial charge on any atom is -0.296 e. The molecule has 0 radical (unpaired) electrons. The number of nitrogens with zero attached hydrogens (tertiary/aromatic N) is 2. The molecule has 0 unspecified atom stereocenters.